The Bertz CT molecular complexity index is 683. The van der Waals surface area contributed by atoms with Crippen molar-refractivity contribution >= 4 is 11.8 Å². The maximum Gasteiger partial charge on any atom is 0.361 e. The molecule has 2 aromatic rings. The van der Waals surface area contributed by atoms with Gasteiger partial charge in [-0.15, -0.1) is 0 Å². The summed E-state index contributed by atoms with van der Waals surface area (Å²) in [5.41, 5.74) is 0.921. The summed E-state index contributed by atoms with van der Waals surface area (Å²) in [5.74, 6) is -1.30. The first-order chi connectivity index (χ1) is 10.5. The number of carbonyl (C=O) groups is 2. The van der Waals surface area contributed by atoms with Gasteiger partial charge in [-0.1, -0.05) is 35.3 Å². The Balaban J connectivity index is 1.98. The van der Waals surface area contributed by atoms with E-state index in [9.17, 15) is 9.59 Å². The molecule has 1 heterocycles. The van der Waals surface area contributed by atoms with Crippen molar-refractivity contribution < 1.29 is 19.4 Å². The van der Waals surface area contributed by atoms with Crippen molar-refractivity contribution in [3.63, 3.8) is 0 Å². The topological polar surface area (TPSA) is 107 Å². The Labute approximate surface area is 126 Å². The molecule has 1 N–H and O–H groups in total. The van der Waals surface area contributed by atoms with E-state index in [0.717, 1.165) is 10.4 Å². The van der Waals surface area contributed by atoms with Gasteiger partial charge in [0.2, 0.25) is 0 Å². The number of nitrogens with zero attached hydrogens (tertiary/aromatic N) is 4. The number of hydrogen-bond donors (Lipinski definition) is 1. The molecule has 8 nitrogen and oxygen atoms in total. The maximum absolute atomic E-state index is 11.8. The Kier molecular flexibility index (Phi) is 4.82. The van der Waals surface area contributed by atoms with Crippen molar-refractivity contribution in [2.24, 2.45) is 5.92 Å². The van der Waals surface area contributed by atoms with Crippen molar-refractivity contribution in [2.45, 2.75) is 26.8 Å². The second kappa shape index (κ2) is 6.79. The minimum atomic E-state index is -1.02. The van der Waals surface area contributed by atoms with Gasteiger partial charge in [0.05, 0.1) is 6.42 Å². The number of Topliss-reactive ketones (excluding diaryl/α,β-unsaturated/α-hetero) is 1. The molecule has 0 aliphatic carbocycles. The van der Waals surface area contributed by atoms with E-state index >= 15 is 0 Å². The number of ether oxygens (including phenoxy) is 1. The molecule has 2 rings (SSSR count). The molecule has 0 aliphatic heterocycles. The van der Waals surface area contributed by atoms with Gasteiger partial charge in [0.1, 0.15) is 12.3 Å². The normalized spacial score (nSPS) is 11.9. The first kappa shape index (κ1) is 15.6. The van der Waals surface area contributed by atoms with Crippen LogP contribution in [-0.4, -0.2) is 37.1 Å². The number of aryl methyl sites for hydroxylation is 1. The van der Waals surface area contributed by atoms with E-state index in [1.54, 1.807) is 13.0 Å². The summed E-state index contributed by atoms with van der Waals surface area (Å²) >= 11 is 0. The van der Waals surface area contributed by atoms with Crippen molar-refractivity contribution in [1.29, 1.82) is 0 Å². The molecule has 0 radical (unpaired) electrons. The van der Waals surface area contributed by atoms with Crippen LogP contribution in [0.1, 0.15) is 18.9 Å². The summed E-state index contributed by atoms with van der Waals surface area (Å²) in [4.78, 5) is 23.5. The molecular formula is C14H16N4O4. The van der Waals surface area contributed by atoms with Crippen LogP contribution in [0.15, 0.2) is 24.3 Å². The fourth-order valence-electron chi connectivity index (χ4n) is 1.78. The number of rotatable bonds is 7. The molecule has 116 valence electrons. The maximum atomic E-state index is 11.8. The molecular weight excluding hydrogens is 288 g/mol. The molecule has 0 saturated heterocycles. The number of carboxylic acids is 1. The Morgan fingerprint density at radius 2 is 2.09 bits per heavy atom. The molecule has 1 aromatic heterocycles. The average Bonchev–Trinajstić information content (AvgIpc) is 2.88. The van der Waals surface area contributed by atoms with Crippen LogP contribution in [0.4, 0.5) is 0 Å². The number of aromatic nitrogens is 4. The number of hydrogen-bond acceptors (Lipinski definition) is 6. The molecule has 0 spiro atoms. The zero-order valence-electron chi connectivity index (χ0n) is 12.3. The van der Waals surface area contributed by atoms with Gasteiger partial charge < -0.3 is 9.84 Å². The minimum absolute atomic E-state index is 0.0352. The van der Waals surface area contributed by atoms with Gasteiger partial charge in [-0.3, -0.25) is 9.59 Å². The molecule has 8 heteroatoms. The van der Waals surface area contributed by atoms with Crippen LogP contribution >= 0.6 is 0 Å². The lowest BCUT2D eigenvalue weighted by Gasteiger charge is -2.06. The molecule has 0 saturated carbocycles. The van der Waals surface area contributed by atoms with E-state index in [1.807, 2.05) is 25.1 Å². The summed E-state index contributed by atoms with van der Waals surface area (Å²) < 4.78 is 5.49. The summed E-state index contributed by atoms with van der Waals surface area (Å²) in [6, 6.07) is 7.40. The van der Waals surface area contributed by atoms with Crippen LogP contribution in [0.3, 0.4) is 0 Å². The van der Waals surface area contributed by atoms with Crippen LogP contribution in [0.25, 0.3) is 0 Å². The van der Waals surface area contributed by atoms with E-state index in [-0.39, 0.29) is 24.8 Å². The van der Waals surface area contributed by atoms with Gasteiger partial charge >= 0.3 is 12.0 Å². The Hall–Kier alpha value is -2.77. The van der Waals surface area contributed by atoms with Gasteiger partial charge in [-0.05, 0) is 23.8 Å². The first-order valence-corrected chi connectivity index (χ1v) is 6.71. The lowest BCUT2D eigenvalue weighted by atomic mass is 10.0. The Morgan fingerprint density at radius 3 is 2.77 bits per heavy atom. The summed E-state index contributed by atoms with van der Waals surface area (Å²) in [7, 11) is 0. The smallest absolute Gasteiger partial charge is 0.361 e. The van der Waals surface area contributed by atoms with E-state index in [1.165, 1.54) is 0 Å². The van der Waals surface area contributed by atoms with E-state index in [4.69, 9.17) is 9.84 Å². The van der Waals surface area contributed by atoms with Crippen molar-refractivity contribution in [3.8, 4) is 11.8 Å². The molecule has 0 aliphatic rings. The summed E-state index contributed by atoms with van der Waals surface area (Å²) in [5, 5.41) is 20.1. The minimum Gasteiger partial charge on any atom is -0.481 e. The first-order valence-electron chi connectivity index (χ1n) is 6.71. The number of carboxylic acid groups (broad SMARTS) is 1. The number of benzene rings is 1. The molecule has 0 fully saturated rings. The highest BCUT2D eigenvalue weighted by Crippen LogP contribution is 2.20. The van der Waals surface area contributed by atoms with Crippen LogP contribution in [0.2, 0.25) is 0 Å². The lowest BCUT2D eigenvalue weighted by Crippen LogP contribution is -2.21. The average molecular weight is 304 g/mol. The molecule has 0 amide bonds. The third kappa shape index (κ3) is 4.11. The van der Waals surface area contributed by atoms with Crippen molar-refractivity contribution in [3.05, 3.63) is 29.8 Å². The highest BCUT2D eigenvalue weighted by atomic mass is 16.5. The second-order valence-electron chi connectivity index (χ2n) is 4.94. The van der Waals surface area contributed by atoms with E-state index < -0.39 is 11.9 Å². The highest BCUT2D eigenvalue weighted by molar-refractivity contribution is 5.84. The quantitative estimate of drug-likeness (QED) is 0.824. The molecule has 1 aromatic carbocycles. The molecule has 22 heavy (non-hydrogen) atoms. The van der Waals surface area contributed by atoms with Gasteiger partial charge in [0.15, 0.2) is 5.78 Å². The molecule has 0 bridgehead atoms. The molecule has 1 atom stereocenters. The monoisotopic (exact) mass is 304 g/mol. The van der Waals surface area contributed by atoms with Crippen molar-refractivity contribution in [1.82, 2.24) is 20.2 Å². The van der Waals surface area contributed by atoms with Gasteiger partial charge in [-0.25, -0.2) is 0 Å². The highest BCUT2D eigenvalue weighted by Gasteiger charge is 2.18. The van der Waals surface area contributed by atoms with E-state index in [2.05, 4.69) is 15.4 Å². The fraction of sp³-hybridized carbons (Fsp3) is 0.357. The van der Waals surface area contributed by atoms with Crippen LogP contribution in [-0.2, 0) is 16.1 Å². The summed E-state index contributed by atoms with van der Waals surface area (Å²) in [6.07, 6.45) is -0.222. The number of para-hydroxylation sites is 1. The van der Waals surface area contributed by atoms with Gasteiger partial charge in [-0.2, -0.15) is 4.80 Å². The number of tetrazole rings is 1. The van der Waals surface area contributed by atoms with Crippen LogP contribution in [0.5, 0.6) is 11.8 Å². The number of aliphatic carboxylic acids is 1. The number of ketones is 1. The third-order valence-electron chi connectivity index (χ3n) is 3.06. The standard InChI is InChI=1S/C14H16N4O4/c1-9-5-3-4-6-12(9)22-14-15-17-18(16-14)8-11(19)10(2)7-13(20)21/h3-6,10H,7-8H2,1-2H3,(H,20,21). The zero-order valence-corrected chi connectivity index (χ0v) is 12.3. The molecule has 1 unspecified atom stereocenters. The lowest BCUT2D eigenvalue weighted by molar-refractivity contribution is -0.140. The predicted octanol–water partition coefficient (Wildman–Crippen LogP) is 1.45. The van der Waals surface area contributed by atoms with Crippen LogP contribution in [0, 0.1) is 12.8 Å². The van der Waals surface area contributed by atoms with Gasteiger partial charge in [0, 0.05) is 5.92 Å². The van der Waals surface area contributed by atoms with E-state index in [0.29, 0.717) is 5.75 Å². The second-order valence-corrected chi connectivity index (χ2v) is 4.94. The van der Waals surface area contributed by atoms with Crippen molar-refractivity contribution in [2.75, 3.05) is 0 Å². The van der Waals surface area contributed by atoms with Gasteiger partial charge in [0.25, 0.3) is 0 Å². The summed E-state index contributed by atoms with van der Waals surface area (Å²) in [6.45, 7) is 3.30. The third-order valence-corrected chi connectivity index (χ3v) is 3.06. The zero-order chi connectivity index (χ0) is 16.1. The SMILES string of the molecule is Cc1ccccc1Oc1nnn(CC(=O)C(C)CC(=O)O)n1. The van der Waals surface area contributed by atoms with Crippen LogP contribution < -0.4 is 4.74 Å². The Morgan fingerprint density at radius 1 is 1.36 bits per heavy atom. The predicted molar refractivity (Wildman–Crippen MR) is 75.5 cm³/mol. The largest absolute Gasteiger partial charge is 0.481 e. The fourth-order valence-corrected chi connectivity index (χ4v) is 1.78. The number of carbonyl (C=O) groups excluding carboxylic acids is 1.